The largest absolute Gasteiger partial charge is 0.379 e. The fourth-order valence-corrected chi connectivity index (χ4v) is 1.85. The minimum Gasteiger partial charge on any atom is -0.379 e. The zero-order chi connectivity index (χ0) is 14.0. The van der Waals surface area contributed by atoms with Gasteiger partial charge in [0.2, 0.25) is 21.5 Å². The second-order valence-electron chi connectivity index (χ2n) is 3.53. The van der Waals surface area contributed by atoms with E-state index in [1.807, 2.05) is 0 Å². The molecule has 10 heteroatoms. The number of aromatic nitrogens is 2. The molecule has 0 radical (unpaired) electrons. The molecule has 2 rings (SSSR count). The van der Waals surface area contributed by atoms with Crippen molar-refractivity contribution < 1.29 is 17.8 Å². The molecule has 0 fully saturated rings. The van der Waals surface area contributed by atoms with Gasteiger partial charge in [-0.3, -0.25) is 4.79 Å². The lowest BCUT2D eigenvalue weighted by atomic mass is 10.3. The molecule has 2 aromatic rings. The number of primary sulfonamides is 1. The number of carbonyl (C=O) groups is 1. The van der Waals surface area contributed by atoms with Crippen molar-refractivity contribution in [3.05, 3.63) is 30.0 Å². The number of rotatable bonds is 3. The fourth-order valence-electron chi connectivity index (χ4n) is 1.29. The minimum atomic E-state index is -3.85. The molecular weight excluding hydrogens is 274 g/mol. The van der Waals surface area contributed by atoms with Gasteiger partial charge in [0.25, 0.3) is 5.91 Å². The average molecular weight is 283 g/mol. The van der Waals surface area contributed by atoms with Crippen LogP contribution in [0.5, 0.6) is 0 Å². The maximum absolute atomic E-state index is 11.7. The summed E-state index contributed by atoms with van der Waals surface area (Å²) in [5.74, 6) is -0.842. The summed E-state index contributed by atoms with van der Waals surface area (Å²) in [6, 6.07) is 5.42. The first kappa shape index (κ1) is 13.0. The van der Waals surface area contributed by atoms with Gasteiger partial charge in [0, 0.05) is 5.69 Å². The van der Waals surface area contributed by atoms with Gasteiger partial charge < -0.3 is 11.1 Å². The lowest BCUT2D eigenvalue weighted by Crippen LogP contribution is -2.16. The molecular formula is C9H9N5O4S. The maximum Gasteiger partial charge on any atom is 0.281 e. The zero-order valence-corrected chi connectivity index (χ0v) is 10.2. The van der Waals surface area contributed by atoms with Crippen molar-refractivity contribution >= 4 is 27.4 Å². The van der Waals surface area contributed by atoms with E-state index in [9.17, 15) is 13.2 Å². The van der Waals surface area contributed by atoms with Crippen molar-refractivity contribution in [2.24, 2.45) is 5.14 Å². The summed E-state index contributed by atoms with van der Waals surface area (Å²) in [4.78, 5) is 11.6. The summed E-state index contributed by atoms with van der Waals surface area (Å²) in [5, 5.41) is 13.9. The van der Waals surface area contributed by atoms with Crippen LogP contribution in [0, 0.1) is 0 Å². The van der Waals surface area contributed by atoms with Gasteiger partial charge in [-0.2, -0.15) is 0 Å². The van der Waals surface area contributed by atoms with Gasteiger partial charge >= 0.3 is 0 Å². The van der Waals surface area contributed by atoms with Gasteiger partial charge in [-0.15, -0.1) is 0 Å². The van der Waals surface area contributed by atoms with Gasteiger partial charge in [0.1, 0.15) is 0 Å². The van der Waals surface area contributed by atoms with E-state index in [0.717, 1.165) is 0 Å². The first-order valence-corrected chi connectivity index (χ1v) is 6.45. The Labute approximate surface area is 107 Å². The highest BCUT2D eigenvalue weighted by Crippen LogP contribution is 2.15. The van der Waals surface area contributed by atoms with Crippen LogP contribution in [-0.2, 0) is 10.0 Å². The molecule has 100 valence electrons. The molecule has 1 heterocycles. The smallest absolute Gasteiger partial charge is 0.281 e. The number of nitrogens with one attached hydrogen (secondary N) is 1. The number of benzene rings is 1. The van der Waals surface area contributed by atoms with E-state index in [2.05, 4.69) is 20.3 Å². The number of carbonyl (C=O) groups excluding carboxylic acids is 1. The summed E-state index contributed by atoms with van der Waals surface area (Å²) in [6.45, 7) is 0. The van der Waals surface area contributed by atoms with Gasteiger partial charge in [0.15, 0.2) is 0 Å². The highest BCUT2D eigenvalue weighted by Gasteiger charge is 2.16. The van der Waals surface area contributed by atoms with E-state index in [4.69, 9.17) is 10.9 Å². The number of nitrogens with zero attached hydrogens (tertiary/aromatic N) is 2. The standard InChI is InChI=1S/C9H9N5O4S/c10-8-7(13-18-14-8)9(15)12-5-2-1-3-6(4-5)19(11,16)17/h1-4H,(H2,10,14)(H,12,15)(H2,11,16,17). The molecule has 0 spiro atoms. The van der Waals surface area contributed by atoms with Crippen LogP contribution in [0.25, 0.3) is 0 Å². The number of nitrogen functional groups attached to an aromatic ring is 1. The third kappa shape index (κ3) is 2.86. The van der Waals surface area contributed by atoms with Crippen LogP contribution in [0.1, 0.15) is 10.5 Å². The molecule has 1 aromatic carbocycles. The lowest BCUT2D eigenvalue weighted by Gasteiger charge is -2.04. The number of amides is 1. The van der Waals surface area contributed by atoms with Crippen molar-refractivity contribution in [3.63, 3.8) is 0 Å². The van der Waals surface area contributed by atoms with E-state index < -0.39 is 15.9 Å². The van der Waals surface area contributed by atoms with Crippen molar-refractivity contribution in [1.29, 1.82) is 0 Å². The Hall–Kier alpha value is -2.46. The molecule has 0 unspecified atom stereocenters. The molecule has 0 aliphatic heterocycles. The molecule has 19 heavy (non-hydrogen) atoms. The van der Waals surface area contributed by atoms with Crippen LogP contribution in [0.4, 0.5) is 11.5 Å². The van der Waals surface area contributed by atoms with Crippen LogP contribution < -0.4 is 16.2 Å². The Balaban J connectivity index is 2.25. The Kier molecular flexibility index (Phi) is 3.19. The lowest BCUT2D eigenvalue weighted by molar-refractivity contribution is 0.101. The average Bonchev–Trinajstić information content (AvgIpc) is 2.75. The second-order valence-corrected chi connectivity index (χ2v) is 5.09. The van der Waals surface area contributed by atoms with Crippen LogP contribution in [0.3, 0.4) is 0 Å². The van der Waals surface area contributed by atoms with Crippen molar-refractivity contribution in [1.82, 2.24) is 10.3 Å². The molecule has 0 atom stereocenters. The maximum atomic E-state index is 11.7. The number of anilines is 2. The molecule has 1 amide bonds. The Morgan fingerprint density at radius 2 is 2.05 bits per heavy atom. The molecule has 0 bridgehead atoms. The Morgan fingerprint density at radius 3 is 2.63 bits per heavy atom. The highest BCUT2D eigenvalue weighted by atomic mass is 32.2. The zero-order valence-electron chi connectivity index (χ0n) is 9.40. The van der Waals surface area contributed by atoms with Crippen LogP contribution >= 0.6 is 0 Å². The minimum absolute atomic E-state index is 0.128. The number of nitrogens with two attached hydrogens (primary N) is 2. The first-order chi connectivity index (χ1) is 8.88. The summed E-state index contributed by atoms with van der Waals surface area (Å²) >= 11 is 0. The fraction of sp³-hybridized carbons (Fsp3) is 0. The van der Waals surface area contributed by atoms with E-state index in [-0.39, 0.29) is 22.1 Å². The van der Waals surface area contributed by atoms with Crippen LogP contribution in [-0.4, -0.2) is 24.6 Å². The Morgan fingerprint density at radius 1 is 1.32 bits per heavy atom. The molecule has 9 nitrogen and oxygen atoms in total. The molecule has 0 saturated carbocycles. The van der Waals surface area contributed by atoms with Gasteiger partial charge in [0.05, 0.1) is 4.90 Å². The molecule has 0 saturated heterocycles. The predicted molar refractivity (Wildman–Crippen MR) is 64.5 cm³/mol. The summed E-state index contributed by atoms with van der Waals surface area (Å²) in [6.07, 6.45) is 0. The Bertz CT molecular complexity index is 724. The van der Waals surface area contributed by atoms with Gasteiger partial charge in [-0.25, -0.2) is 18.2 Å². The molecule has 0 aliphatic rings. The summed E-state index contributed by atoms with van der Waals surface area (Å²) < 4.78 is 26.6. The quantitative estimate of drug-likeness (QED) is 0.689. The van der Waals surface area contributed by atoms with E-state index in [1.165, 1.54) is 24.3 Å². The molecule has 1 aromatic heterocycles. The second kappa shape index (κ2) is 4.66. The molecule has 0 aliphatic carbocycles. The van der Waals surface area contributed by atoms with Crippen LogP contribution in [0.2, 0.25) is 0 Å². The van der Waals surface area contributed by atoms with Crippen LogP contribution in [0.15, 0.2) is 33.8 Å². The normalized spacial score (nSPS) is 11.2. The molecule has 5 N–H and O–H groups in total. The van der Waals surface area contributed by atoms with Crippen molar-refractivity contribution in [2.45, 2.75) is 4.90 Å². The topological polar surface area (TPSA) is 154 Å². The third-order valence-electron chi connectivity index (χ3n) is 2.15. The SMILES string of the molecule is Nc1nonc1C(=O)Nc1cccc(S(N)(=O)=O)c1. The number of hydrogen-bond donors (Lipinski definition) is 3. The number of hydrogen-bond acceptors (Lipinski definition) is 7. The predicted octanol–water partition coefficient (Wildman–Crippen LogP) is -0.449. The van der Waals surface area contributed by atoms with Crippen molar-refractivity contribution in [2.75, 3.05) is 11.1 Å². The van der Waals surface area contributed by atoms with E-state index in [1.54, 1.807) is 0 Å². The van der Waals surface area contributed by atoms with Crippen molar-refractivity contribution in [3.8, 4) is 0 Å². The summed E-state index contributed by atoms with van der Waals surface area (Å²) in [5.41, 5.74) is 5.38. The highest BCUT2D eigenvalue weighted by molar-refractivity contribution is 7.89. The third-order valence-corrected chi connectivity index (χ3v) is 3.06. The first-order valence-electron chi connectivity index (χ1n) is 4.90. The summed E-state index contributed by atoms with van der Waals surface area (Å²) in [7, 11) is -3.85. The van der Waals surface area contributed by atoms with Gasteiger partial charge in [-0.1, -0.05) is 6.07 Å². The van der Waals surface area contributed by atoms with Gasteiger partial charge in [-0.05, 0) is 28.5 Å². The number of sulfonamides is 1. The van der Waals surface area contributed by atoms with E-state index in [0.29, 0.717) is 0 Å². The monoisotopic (exact) mass is 283 g/mol. The van der Waals surface area contributed by atoms with E-state index >= 15 is 0 Å².